The van der Waals surface area contributed by atoms with Crippen molar-refractivity contribution in [2.75, 3.05) is 6.54 Å². The molecule has 2 rings (SSSR count). The number of thioether (sulfide) groups is 1. The molecule has 1 unspecified atom stereocenters. The first-order chi connectivity index (χ1) is 9.79. The summed E-state index contributed by atoms with van der Waals surface area (Å²) in [5.74, 6) is 0. The van der Waals surface area contributed by atoms with Crippen LogP contribution in [-0.2, 0) is 6.54 Å². The Morgan fingerprint density at radius 3 is 2.35 bits per heavy atom. The summed E-state index contributed by atoms with van der Waals surface area (Å²) in [6.07, 6.45) is 1.18. The van der Waals surface area contributed by atoms with Crippen molar-refractivity contribution in [3.63, 3.8) is 0 Å². The van der Waals surface area contributed by atoms with Crippen LogP contribution in [0.25, 0.3) is 0 Å². The SMILES string of the molecule is CCCNCc1ccc(SC(C)c2ccccc2)cc1. The average molecular weight is 285 g/mol. The molecule has 2 aromatic carbocycles. The molecule has 0 radical (unpaired) electrons. The summed E-state index contributed by atoms with van der Waals surface area (Å²) in [6, 6.07) is 19.6. The molecule has 0 aliphatic rings. The molecule has 0 aromatic heterocycles. The second kappa shape index (κ2) is 8.13. The van der Waals surface area contributed by atoms with Gasteiger partial charge < -0.3 is 5.32 Å². The summed E-state index contributed by atoms with van der Waals surface area (Å²) in [6.45, 7) is 6.50. The van der Waals surface area contributed by atoms with Gasteiger partial charge in [0.2, 0.25) is 0 Å². The second-order valence-corrected chi connectivity index (χ2v) is 6.41. The summed E-state index contributed by atoms with van der Waals surface area (Å²) >= 11 is 1.91. The fraction of sp³-hybridized carbons (Fsp3) is 0.333. The number of rotatable bonds is 7. The third-order valence-electron chi connectivity index (χ3n) is 3.26. The lowest BCUT2D eigenvalue weighted by atomic mass is 10.2. The first kappa shape index (κ1) is 15.1. The van der Waals surface area contributed by atoms with Gasteiger partial charge in [0.25, 0.3) is 0 Å². The number of benzene rings is 2. The molecule has 1 N–H and O–H groups in total. The molecule has 20 heavy (non-hydrogen) atoms. The fourth-order valence-corrected chi connectivity index (χ4v) is 3.09. The summed E-state index contributed by atoms with van der Waals surface area (Å²) in [5, 5.41) is 3.92. The lowest BCUT2D eigenvalue weighted by Gasteiger charge is -2.12. The van der Waals surface area contributed by atoms with Gasteiger partial charge in [0.05, 0.1) is 0 Å². The zero-order valence-electron chi connectivity index (χ0n) is 12.3. The maximum atomic E-state index is 3.43. The van der Waals surface area contributed by atoms with E-state index in [4.69, 9.17) is 0 Å². The van der Waals surface area contributed by atoms with E-state index in [0.29, 0.717) is 5.25 Å². The summed E-state index contributed by atoms with van der Waals surface area (Å²) < 4.78 is 0. The van der Waals surface area contributed by atoms with Gasteiger partial charge in [-0.15, -0.1) is 11.8 Å². The van der Waals surface area contributed by atoms with Crippen LogP contribution in [0.5, 0.6) is 0 Å². The van der Waals surface area contributed by atoms with Crippen LogP contribution >= 0.6 is 11.8 Å². The summed E-state index contributed by atoms with van der Waals surface area (Å²) in [7, 11) is 0. The van der Waals surface area contributed by atoms with E-state index in [-0.39, 0.29) is 0 Å². The van der Waals surface area contributed by atoms with Crippen molar-refractivity contribution in [3.8, 4) is 0 Å². The predicted molar refractivity (Wildman–Crippen MR) is 89.2 cm³/mol. The highest BCUT2D eigenvalue weighted by Crippen LogP contribution is 2.34. The Morgan fingerprint density at radius 1 is 1.00 bits per heavy atom. The minimum Gasteiger partial charge on any atom is -0.313 e. The van der Waals surface area contributed by atoms with Crippen LogP contribution in [0.15, 0.2) is 59.5 Å². The Labute approximate surface area is 126 Å². The van der Waals surface area contributed by atoms with E-state index in [9.17, 15) is 0 Å². The molecule has 1 nitrogen and oxygen atoms in total. The van der Waals surface area contributed by atoms with Gasteiger partial charge in [-0.1, -0.05) is 49.4 Å². The standard InChI is InChI=1S/C18H23NS/c1-3-13-19-14-16-9-11-18(12-10-16)20-15(2)17-7-5-4-6-8-17/h4-12,15,19H,3,13-14H2,1-2H3. The minimum atomic E-state index is 0.486. The zero-order chi connectivity index (χ0) is 14.2. The van der Waals surface area contributed by atoms with Gasteiger partial charge >= 0.3 is 0 Å². The smallest absolute Gasteiger partial charge is 0.0316 e. The molecule has 2 aromatic rings. The normalized spacial score (nSPS) is 12.3. The molecule has 0 saturated carbocycles. The van der Waals surface area contributed by atoms with Crippen molar-refractivity contribution in [1.29, 1.82) is 0 Å². The maximum absolute atomic E-state index is 3.43. The van der Waals surface area contributed by atoms with Crippen molar-refractivity contribution in [2.45, 2.75) is 37.0 Å². The molecule has 0 heterocycles. The van der Waals surface area contributed by atoms with E-state index in [2.05, 4.69) is 73.8 Å². The van der Waals surface area contributed by atoms with Crippen LogP contribution in [0, 0.1) is 0 Å². The Balaban J connectivity index is 1.90. The van der Waals surface area contributed by atoms with E-state index >= 15 is 0 Å². The highest BCUT2D eigenvalue weighted by molar-refractivity contribution is 7.99. The monoisotopic (exact) mass is 285 g/mol. The lowest BCUT2D eigenvalue weighted by molar-refractivity contribution is 0.675. The van der Waals surface area contributed by atoms with Crippen LogP contribution < -0.4 is 5.32 Å². The van der Waals surface area contributed by atoms with Gasteiger partial charge in [-0.3, -0.25) is 0 Å². The van der Waals surface area contributed by atoms with Crippen molar-refractivity contribution >= 4 is 11.8 Å². The zero-order valence-corrected chi connectivity index (χ0v) is 13.1. The van der Waals surface area contributed by atoms with E-state index in [0.717, 1.165) is 13.1 Å². The third kappa shape index (κ3) is 4.69. The number of hydrogen-bond donors (Lipinski definition) is 1. The molecular formula is C18H23NS. The molecule has 2 heteroatoms. The molecule has 0 fully saturated rings. The van der Waals surface area contributed by atoms with Gasteiger partial charge in [0, 0.05) is 16.7 Å². The largest absolute Gasteiger partial charge is 0.313 e. The van der Waals surface area contributed by atoms with E-state index < -0.39 is 0 Å². The van der Waals surface area contributed by atoms with Gasteiger partial charge in [0.15, 0.2) is 0 Å². The van der Waals surface area contributed by atoms with Gasteiger partial charge in [0.1, 0.15) is 0 Å². The van der Waals surface area contributed by atoms with Gasteiger partial charge in [-0.05, 0) is 43.1 Å². The molecular weight excluding hydrogens is 262 g/mol. The molecule has 0 bridgehead atoms. The average Bonchev–Trinajstić information content (AvgIpc) is 2.50. The number of nitrogens with one attached hydrogen (secondary N) is 1. The highest BCUT2D eigenvalue weighted by Gasteiger charge is 2.06. The first-order valence-corrected chi connectivity index (χ1v) is 8.19. The Morgan fingerprint density at radius 2 is 1.70 bits per heavy atom. The van der Waals surface area contributed by atoms with E-state index in [1.807, 2.05) is 11.8 Å². The second-order valence-electron chi connectivity index (χ2n) is 4.99. The van der Waals surface area contributed by atoms with Crippen molar-refractivity contribution in [1.82, 2.24) is 5.32 Å². The maximum Gasteiger partial charge on any atom is 0.0316 e. The third-order valence-corrected chi connectivity index (χ3v) is 4.43. The molecule has 0 spiro atoms. The number of hydrogen-bond acceptors (Lipinski definition) is 2. The topological polar surface area (TPSA) is 12.0 Å². The van der Waals surface area contributed by atoms with Crippen molar-refractivity contribution < 1.29 is 0 Å². The van der Waals surface area contributed by atoms with Crippen LogP contribution in [0.3, 0.4) is 0 Å². The quantitative estimate of drug-likeness (QED) is 0.565. The molecule has 0 aliphatic carbocycles. The predicted octanol–water partition coefficient (Wildman–Crippen LogP) is 5.04. The molecule has 0 aliphatic heterocycles. The van der Waals surface area contributed by atoms with Gasteiger partial charge in [-0.2, -0.15) is 0 Å². The summed E-state index contributed by atoms with van der Waals surface area (Å²) in [5.41, 5.74) is 2.74. The van der Waals surface area contributed by atoms with Crippen LogP contribution in [0.2, 0.25) is 0 Å². The lowest BCUT2D eigenvalue weighted by Crippen LogP contribution is -2.13. The Bertz CT molecular complexity index is 493. The molecule has 0 amide bonds. The van der Waals surface area contributed by atoms with E-state index in [1.54, 1.807) is 0 Å². The Hall–Kier alpha value is -1.25. The van der Waals surface area contributed by atoms with E-state index in [1.165, 1.54) is 22.4 Å². The molecule has 0 saturated heterocycles. The van der Waals surface area contributed by atoms with Crippen molar-refractivity contribution in [2.24, 2.45) is 0 Å². The first-order valence-electron chi connectivity index (χ1n) is 7.31. The van der Waals surface area contributed by atoms with Crippen LogP contribution in [0.1, 0.15) is 36.6 Å². The van der Waals surface area contributed by atoms with Gasteiger partial charge in [-0.25, -0.2) is 0 Å². The molecule has 106 valence electrons. The van der Waals surface area contributed by atoms with Crippen LogP contribution in [-0.4, -0.2) is 6.54 Å². The minimum absolute atomic E-state index is 0.486. The van der Waals surface area contributed by atoms with Crippen molar-refractivity contribution in [3.05, 3.63) is 65.7 Å². The molecule has 1 atom stereocenters. The summed E-state index contributed by atoms with van der Waals surface area (Å²) in [4.78, 5) is 1.33. The Kier molecular flexibility index (Phi) is 6.16. The highest BCUT2D eigenvalue weighted by atomic mass is 32.2. The van der Waals surface area contributed by atoms with Crippen LogP contribution in [0.4, 0.5) is 0 Å². The fourth-order valence-electron chi connectivity index (χ4n) is 2.09.